The van der Waals surface area contributed by atoms with Crippen molar-refractivity contribution in [3.63, 3.8) is 0 Å². The first-order chi connectivity index (χ1) is 7.74. The molecule has 0 spiro atoms. The third-order valence-electron chi connectivity index (χ3n) is 2.64. The summed E-state index contributed by atoms with van der Waals surface area (Å²) < 4.78 is 11.3. The molecule has 1 aromatic rings. The lowest BCUT2D eigenvalue weighted by molar-refractivity contribution is -0.209. The van der Waals surface area contributed by atoms with Gasteiger partial charge in [-0.15, -0.1) is 0 Å². The lowest BCUT2D eigenvalue weighted by Gasteiger charge is -2.30. The van der Waals surface area contributed by atoms with Crippen molar-refractivity contribution < 1.29 is 9.47 Å². The fourth-order valence-corrected chi connectivity index (χ4v) is 1.91. The minimum Gasteiger partial charge on any atom is -0.346 e. The van der Waals surface area contributed by atoms with E-state index in [0.29, 0.717) is 0 Å². The van der Waals surface area contributed by atoms with E-state index in [2.05, 4.69) is 26.0 Å². The molecule has 1 heterocycles. The van der Waals surface area contributed by atoms with E-state index >= 15 is 0 Å². The summed E-state index contributed by atoms with van der Waals surface area (Å²) in [7, 11) is 0. The highest BCUT2D eigenvalue weighted by Crippen LogP contribution is 2.19. The monoisotopic (exact) mass is 218 g/mol. The molecule has 2 nitrogen and oxygen atoms in total. The van der Waals surface area contributed by atoms with Crippen LogP contribution in [0.5, 0.6) is 0 Å². The largest absolute Gasteiger partial charge is 0.346 e. The van der Waals surface area contributed by atoms with Gasteiger partial charge < -0.3 is 9.47 Å². The Kier molecular flexibility index (Phi) is 3.75. The van der Waals surface area contributed by atoms with Gasteiger partial charge in [0, 0.05) is 0 Å². The minimum absolute atomic E-state index is 0.209. The molecule has 1 saturated heterocycles. The van der Waals surface area contributed by atoms with Crippen LogP contribution in [0.25, 0.3) is 6.08 Å². The first kappa shape index (κ1) is 11.4. The van der Waals surface area contributed by atoms with Gasteiger partial charge in [0.1, 0.15) is 0 Å². The van der Waals surface area contributed by atoms with E-state index in [9.17, 15) is 0 Å². The number of benzene rings is 1. The average molecular weight is 218 g/mol. The van der Waals surface area contributed by atoms with Crippen molar-refractivity contribution in [1.82, 2.24) is 0 Å². The second-order valence-electron chi connectivity index (χ2n) is 4.27. The van der Waals surface area contributed by atoms with Gasteiger partial charge in [0.25, 0.3) is 0 Å². The predicted octanol–water partition coefficient (Wildman–Crippen LogP) is 3.24. The predicted molar refractivity (Wildman–Crippen MR) is 65.0 cm³/mol. The molecule has 1 fully saturated rings. The quantitative estimate of drug-likeness (QED) is 0.758. The third-order valence-corrected chi connectivity index (χ3v) is 2.64. The van der Waals surface area contributed by atoms with Gasteiger partial charge in [-0.3, -0.25) is 0 Å². The summed E-state index contributed by atoms with van der Waals surface area (Å²) >= 11 is 0. The van der Waals surface area contributed by atoms with Gasteiger partial charge >= 0.3 is 0 Å². The normalized spacial score (nSPS) is 30.8. The molecule has 0 aliphatic carbocycles. The molecule has 1 aromatic carbocycles. The van der Waals surface area contributed by atoms with Crippen molar-refractivity contribution in [2.75, 3.05) is 0 Å². The Balaban J connectivity index is 1.96. The van der Waals surface area contributed by atoms with Gasteiger partial charge in [-0.2, -0.15) is 0 Å². The topological polar surface area (TPSA) is 18.5 Å². The fourth-order valence-electron chi connectivity index (χ4n) is 1.91. The summed E-state index contributed by atoms with van der Waals surface area (Å²) in [5, 5.41) is 0. The number of hydrogen-bond donors (Lipinski definition) is 0. The van der Waals surface area contributed by atoms with E-state index in [1.165, 1.54) is 5.56 Å². The first-order valence-corrected chi connectivity index (χ1v) is 5.78. The smallest absolute Gasteiger partial charge is 0.177 e. The van der Waals surface area contributed by atoms with Gasteiger partial charge in [0.2, 0.25) is 0 Å². The first-order valence-electron chi connectivity index (χ1n) is 5.78. The van der Waals surface area contributed by atoms with Crippen molar-refractivity contribution in [3.05, 3.63) is 42.0 Å². The Morgan fingerprint density at radius 1 is 1.06 bits per heavy atom. The lowest BCUT2D eigenvalue weighted by atomic mass is 10.1. The Morgan fingerprint density at radius 2 is 1.69 bits per heavy atom. The summed E-state index contributed by atoms with van der Waals surface area (Å²) in [6, 6.07) is 10.2. The zero-order valence-electron chi connectivity index (χ0n) is 9.80. The highest BCUT2D eigenvalue weighted by Gasteiger charge is 2.22. The second kappa shape index (κ2) is 5.28. The van der Waals surface area contributed by atoms with Crippen LogP contribution in [-0.2, 0) is 9.47 Å². The highest BCUT2D eigenvalue weighted by molar-refractivity contribution is 5.48. The number of ether oxygens (including phenoxy) is 2. The molecule has 16 heavy (non-hydrogen) atoms. The van der Waals surface area contributed by atoms with Crippen LogP contribution in [0.2, 0.25) is 0 Å². The van der Waals surface area contributed by atoms with Crippen LogP contribution in [0.1, 0.15) is 25.8 Å². The van der Waals surface area contributed by atoms with Crippen molar-refractivity contribution in [1.29, 1.82) is 0 Å². The van der Waals surface area contributed by atoms with E-state index in [-0.39, 0.29) is 18.5 Å². The Morgan fingerprint density at radius 3 is 2.31 bits per heavy atom. The SMILES string of the molecule is CC1CC(C)OC(/C=C/c2ccccc2)O1. The molecule has 0 saturated carbocycles. The zero-order valence-corrected chi connectivity index (χ0v) is 9.80. The minimum atomic E-state index is -0.209. The van der Waals surface area contributed by atoms with Crippen molar-refractivity contribution in [2.24, 2.45) is 0 Å². The molecule has 86 valence electrons. The molecule has 2 unspecified atom stereocenters. The zero-order chi connectivity index (χ0) is 11.4. The maximum Gasteiger partial charge on any atom is 0.177 e. The van der Waals surface area contributed by atoms with Crippen LogP contribution in [0.3, 0.4) is 0 Å². The molecule has 1 aliphatic heterocycles. The van der Waals surface area contributed by atoms with E-state index in [0.717, 1.165) is 6.42 Å². The van der Waals surface area contributed by atoms with Crippen LogP contribution in [-0.4, -0.2) is 18.5 Å². The van der Waals surface area contributed by atoms with Gasteiger partial charge in [-0.05, 0) is 31.9 Å². The van der Waals surface area contributed by atoms with E-state index < -0.39 is 0 Å². The Labute approximate surface area is 96.9 Å². The molecule has 0 aromatic heterocycles. The second-order valence-corrected chi connectivity index (χ2v) is 4.27. The molecule has 1 aliphatic rings. The molecule has 0 amide bonds. The molecule has 0 N–H and O–H groups in total. The molecular weight excluding hydrogens is 200 g/mol. The van der Waals surface area contributed by atoms with Gasteiger partial charge in [-0.25, -0.2) is 0 Å². The molecule has 2 rings (SSSR count). The Hall–Kier alpha value is -1.12. The molecule has 2 heteroatoms. The molecular formula is C14H18O2. The standard InChI is InChI=1S/C14H18O2/c1-11-10-12(2)16-14(15-11)9-8-13-6-4-3-5-7-13/h3-9,11-12,14H,10H2,1-2H3/b9-8+. The maximum atomic E-state index is 5.67. The van der Waals surface area contributed by atoms with Crippen LogP contribution in [0.4, 0.5) is 0 Å². The van der Waals surface area contributed by atoms with Gasteiger partial charge in [0.05, 0.1) is 12.2 Å². The van der Waals surface area contributed by atoms with Crippen LogP contribution in [0.15, 0.2) is 36.4 Å². The summed E-state index contributed by atoms with van der Waals surface area (Å²) in [6.45, 7) is 4.17. The van der Waals surface area contributed by atoms with Gasteiger partial charge in [-0.1, -0.05) is 36.4 Å². The van der Waals surface area contributed by atoms with Crippen LogP contribution < -0.4 is 0 Å². The van der Waals surface area contributed by atoms with Crippen LogP contribution in [0, 0.1) is 0 Å². The molecule has 0 radical (unpaired) electrons. The van der Waals surface area contributed by atoms with Crippen LogP contribution >= 0.6 is 0 Å². The highest BCUT2D eigenvalue weighted by atomic mass is 16.7. The van der Waals surface area contributed by atoms with E-state index in [1.54, 1.807) is 0 Å². The summed E-state index contributed by atoms with van der Waals surface area (Å²) in [5.74, 6) is 0. The van der Waals surface area contributed by atoms with Crippen molar-refractivity contribution in [3.8, 4) is 0 Å². The van der Waals surface area contributed by atoms with E-state index in [1.807, 2.05) is 30.4 Å². The average Bonchev–Trinajstić information content (AvgIpc) is 2.27. The summed E-state index contributed by atoms with van der Waals surface area (Å²) in [4.78, 5) is 0. The summed E-state index contributed by atoms with van der Waals surface area (Å²) in [5.41, 5.74) is 1.17. The number of rotatable bonds is 2. The van der Waals surface area contributed by atoms with Gasteiger partial charge in [0.15, 0.2) is 6.29 Å². The number of hydrogen-bond acceptors (Lipinski definition) is 2. The molecule has 0 bridgehead atoms. The summed E-state index contributed by atoms with van der Waals surface area (Å²) in [6.07, 6.45) is 5.31. The molecule has 2 atom stereocenters. The lowest BCUT2D eigenvalue weighted by Crippen LogP contribution is -2.34. The van der Waals surface area contributed by atoms with Crippen molar-refractivity contribution >= 4 is 6.08 Å². The van der Waals surface area contributed by atoms with Crippen molar-refractivity contribution in [2.45, 2.75) is 38.8 Å². The Bertz CT molecular complexity index is 335. The van der Waals surface area contributed by atoms with E-state index in [4.69, 9.17) is 9.47 Å². The maximum absolute atomic E-state index is 5.67. The fraction of sp³-hybridized carbons (Fsp3) is 0.429. The third kappa shape index (κ3) is 3.19.